The number of anilines is 1. The summed E-state index contributed by atoms with van der Waals surface area (Å²) in [6.07, 6.45) is 0.346. The normalized spacial score (nSPS) is 14.7. The fourth-order valence-electron chi connectivity index (χ4n) is 4.34. The fourth-order valence-corrected chi connectivity index (χ4v) is 6.56. The number of likely N-dealkylation sites (N-methyl/N-ethyl adjacent to an activating group) is 1. The largest absolute Gasteiger partial charge is 0.357 e. The van der Waals surface area contributed by atoms with Gasteiger partial charge in [0.25, 0.3) is 10.0 Å². The Balaban J connectivity index is 1.51. The van der Waals surface area contributed by atoms with Gasteiger partial charge >= 0.3 is 0 Å². The molecule has 184 valence electrons. The summed E-state index contributed by atoms with van der Waals surface area (Å²) in [6, 6.07) is 14.9. The van der Waals surface area contributed by atoms with Crippen LogP contribution in [-0.2, 0) is 26.2 Å². The second kappa shape index (κ2) is 10.0. The molecule has 1 N–H and O–H groups in total. The molecule has 1 atom stereocenters. The van der Waals surface area contributed by atoms with Gasteiger partial charge < -0.3 is 10.2 Å². The van der Waals surface area contributed by atoms with Crippen molar-refractivity contribution in [3.8, 4) is 0 Å². The highest BCUT2D eigenvalue weighted by molar-refractivity contribution is 7.93. The summed E-state index contributed by atoms with van der Waals surface area (Å²) in [6.45, 7) is 1.91. The van der Waals surface area contributed by atoms with E-state index >= 15 is 0 Å². The van der Waals surface area contributed by atoms with Gasteiger partial charge in [-0.15, -0.1) is 0 Å². The molecule has 0 aliphatic carbocycles. The van der Waals surface area contributed by atoms with Crippen molar-refractivity contribution in [2.24, 2.45) is 0 Å². The Hall–Kier alpha value is -2.81. The predicted octanol–water partition coefficient (Wildman–Crippen LogP) is 4.60. The van der Waals surface area contributed by atoms with Crippen molar-refractivity contribution in [1.82, 2.24) is 10.2 Å². The number of halogens is 2. The van der Waals surface area contributed by atoms with Gasteiger partial charge in [0.05, 0.1) is 10.6 Å². The first kappa shape index (κ1) is 25.3. The van der Waals surface area contributed by atoms with Gasteiger partial charge in [0.1, 0.15) is 6.04 Å². The number of carbonyl (C=O) groups is 2. The first-order valence-electron chi connectivity index (χ1n) is 11.1. The van der Waals surface area contributed by atoms with Crippen molar-refractivity contribution < 1.29 is 18.0 Å². The molecular weight excluding hydrogens is 509 g/mol. The van der Waals surface area contributed by atoms with Crippen LogP contribution in [0.3, 0.4) is 0 Å². The van der Waals surface area contributed by atoms with Crippen LogP contribution in [0.15, 0.2) is 59.5 Å². The number of amides is 2. The maximum Gasteiger partial charge on any atom is 0.265 e. The lowest BCUT2D eigenvalue weighted by Crippen LogP contribution is -2.46. The van der Waals surface area contributed by atoms with Crippen LogP contribution in [0.5, 0.6) is 0 Å². The van der Waals surface area contributed by atoms with Crippen molar-refractivity contribution in [2.75, 3.05) is 17.9 Å². The molecule has 0 unspecified atom stereocenters. The zero-order valence-electron chi connectivity index (χ0n) is 19.3. The molecule has 3 aromatic carbocycles. The van der Waals surface area contributed by atoms with Crippen molar-refractivity contribution in [3.63, 3.8) is 0 Å². The molecule has 2 amide bonds. The van der Waals surface area contributed by atoms with Crippen LogP contribution in [-0.4, -0.2) is 44.8 Å². The molecule has 10 heteroatoms. The first-order valence-corrected chi connectivity index (χ1v) is 13.3. The number of hydrogen-bond donors (Lipinski definition) is 1. The molecule has 1 heterocycles. The highest BCUT2D eigenvalue weighted by Gasteiger charge is 2.35. The lowest BCUT2D eigenvalue weighted by Gasteiger charge is -2.29. The Morgan fingerprint density at radius 3 is 2.49 bits per heavy atom. The van der Waals surface area contributed by atoms with Crippen LogP contribution >= 0.6 is 23.2 Å². The highest BCUT2D eigenvalue weighted by atomic mass is 35.5. The summed E-state index contributed by atoms with van der Waals surface area (Å²) in [5.74, 6) is -0.591. The molecule has 0 aromatic heterocycles. The van der Waals surface area contributed by atoms with Crippen molar-refractivity contribution in [2.45, 2.75) is 37.2 Å². The molecule has 0 saturated heterocycles. The summed E-state index contributed by atoms with van der Waals surface area (Å²) >= 11 is 12.3. The number of sulfonamides is 1. The standard InChI is InChI=1S/C25H25Cl2N3O4S/c1-16(25(32)28-2)29(15-18-11-12-19(26)14-20(18)27)23(31)10-5-13-30-21-8-3-6-17-7-4-9-22(24(17)21)35(30,33)34/h3-4,6-9,11-12,14,16H,5,10,13,15H2,1-2H3,(H,28,32)/t16-/m1/s1. The summed E-state index contributed by atoms with van der Waals surface area (Å²) in [4.78, 5) is 27.3. The summed E-state index contributed by atoms with van der Waals surface area (Å²) in [5.41, 5.74) is 1.28. The fraction of sp³-hybridized carbons (Fsp3) is 0.280. The van der Waals surface area contributed by atoms with E-state index < -0.39 is 16.1 Å². The minimum atomic E-state index is -3.69. The number of carbonyl (C=O) groups excluding carboxylic acids is 2. The lowest BCUT2D eigenvalue weighted by atomic mass is 10.1. The van der Waals surface area contributed by atoms with E-state index in [-0.39, 0.29) is 42.6 Å². The van der Waals surface area contributed by atoms with Crippen molar-refractivity contribution in [3.05, 3.63) is 70.2 Å². The van der Waals surface area contributed by atoms with E-state index in [2.05, 4.69) is 5.32 Å². The van der Waals surface area contributed by atoms with E-state index in [0.717, 1.165) is 5.39 Å². The Kier molecular flexibility index (Phi) is 7.26. The van der Waals surface area contributed by atoms with E-state index in [1.807, 2.05) is 18.2 Å². The maximum absolute atomic E-state index is 13.2. The van der Waals surface area contributed by atoms with Gasteiger partial charge in [0, 0.05) is 42.0 Å². The third kappa shape index (κ3) is 4.83. The van der Waals surface area contributed by atoms with Gasteiger partial charge in [0.2, 0.25) is 11.8 Å². The highest BCUT2D eigenvalue weighted by Crippen LogP contribution is 2.42. The molecule has 0 radical (unpaired) electrons. The molecule has 35 heavy (non-hydrogen) atoms. The quantitative estimate of drug-likeness (QED) is 0.458. The Morgan fingerprint density at radius 1 is 1.09 bits per heavy atom. The molecule has 0 spiro atoms. The van der Waals surface area contributed by atoms with E-state index in [0.29, 0.717) is 26.7 Å². The zero-order chi connectivity index (χ0) is 25.3. The van der Waals surface area contributed by atoms with Gasteiger partial charge in [0.15, 0.2) is 0 Å². The van der Waals surface area contributed by atoms with Crippen LogP contribution in [0, 0.1) is 0 Å². The van der Waals surface area contributed by atoms with Crippen LogP contribution in [0.25, 0.3) is 10.8 Å². The van der Waals surface area contributed by atoms with Crippen molar-refractivity contribution in [1.29, 1.82) is 0 Å². The Labute approximate surface area is 214 Å². The molecule has 3 aromatic rings. The third-order valence-electron chi connectivity index (χ3n) is 6.20. The van der Waals surface area contributed by atoms with Crippen LogP contribution in [0.1, 0.15) is 25.3 Å². The molecule has 4 rings (SSSR count). The number of rotatable bonds is 8. The van der Waals surface area contributed by atoms with Gasteiger partial charge in [-0.05, 0) is 48.6 Å². The van der Waals surface area contributed by atoms with Crippen LogP contribution in [0.2, 0.25) is 10.0 Å². The van der Waals surface area contributed by atoms with Gasteiger partial charge in [-0.2, -0.15) is 0 Å². The topological polar surface area (TPSA) is 86.8 Å². The second-order valence-electron chi connectivity index (χ2n) is 8.36. The van der Waals surface area contributed by atoms with E-state index in [1.165, 1.54) is 16.3 Å². The van der Waals surface area contributed by atoms with Gasteiger partial charge in [-0.1, -0.05) is 53.5 Å². The minimum absolute atomic E-state index is 0.0604. The molecule has 0 fully saturated rings. The zero-order valence-corrected chi connectivity index (χ0v) is 21.6. The smallest absolute Gasteiger partial charge is 0.265 e. The van der Waals surface area contributed by atoms with E-state index in [9.17, 15) is 18.0 Å². The SMILES string of the molecule is CNC(=O)[C@@H](C)N(Cc1ccc(Cl)cc1Cl)C(=O)CCCN1c2cccc3cccc(c23)S1(=O)=O. The molecular formula is C25H25Cl2N3O4S. The maximum atomic E-state index is 13.2. The molecule has 1 aliphatic heterocycles. The van der Waals surface area contributed by atoms with E-state index in [1.54, 1.807) is 43.3 Å². The second-order valence-corrected chi connectivity index (χ2v) is 11.0. The molecule has 0 bridgehead atoms. The first-order chi connectivity index (χ1) is 16.6. The van der Waals surface area contributed by atoms with Gasteiger partial charge in [-0.3, -0.25) is 13.9 Å². The Morgan fingerprint density at radius 2 is 1.80 bits per heavy atom. The van der Waals surface area contributed by atoms with Crippen LogP contribution < -0.4 is 9.62 Å². The number of nitrogens with zero attached hydrogens (tertiary/aromatic N) is 2. The van der Waals surface area contributed by atoms with Crippen molar-refractivity contribution >= 4 is 61.5 Å². The Bertz CT molecular complexity index is 1410. The van der Waals surface area contributed by atoms with Gasteiger partial charge in [-0.25, -0.2) is 8.42 Å². The number of hydrogen-bond acceptors (Lipinski definition) is 4. The number of nitrogens with one attached hydrogen (secondary N) is 1. The predicted molar refractivity (Wildman–Crippen MR) is 138 cm³/mol. The lowest BCUT2D eigenvalue weighted by molar-refractivity contribution is -0.140. The molecule has 0 saturated carbocycles. The summed E-state index contributed by atoms with van der Waals surface area (Å²) < 4.78 is 27.7. The third-order valence-corrected chi connectivity index (χ3v) is 8.65. The van der Waals surface area contributed by atoms with Crippen LogP contribution in [0.4, 0.5) is 5.69 Å². The molecule has 1 aliphatic rings. The van der Waals surface area contributed by atoms with E-state index in [4.69, 9.17) is 23.2 Å². The average molecular weight is 534 g/mol. The summed E-state index contributed by atoms with van der Waals surface area (Å²) in [7, 11) is -2.19. The monoisotopic (exact) mass is 533 g/mol. The number of benzene rings is 3. The molecule has 7 nitrogen and oxygen atoms in total. The summed E-state index contributed by atoms with van der Waals surface area (Å²) in [5, 5.41) is 4.99. The average Bonchev–Trinajstić information content (AvgIpc) is 3.05. The minimum Gasteiger partial charge on any atom is -0.357 e.